The number of nitrogens with zero attached hydrogens (tertiary/aromatic N) is 3. The van der Waals surface area contributed by atoms with Crippen LogP contribution in [0, 0.1) is 0 Å². The van der Waals surface area contributed by atoms with Crippen molar-refractivity contribution in [3.63, 3.8) is 0 Å². The van der Waals surface area contributed by atoms with Crippen molar-refractivity contribution in [2.45, 2.75) is 50.9 Å². The molecule has 35 heavy (non-hydrogen) atoms. The summed E-state index contributed by atoms with van der Waals surface area (Å²) in [6.07, 6.45) is 3.11. The Morgan fingerprint density at radius 2 is 1.80 bits per heavy atom. The lowest BCUT2D eigenvalue weighted by molar-refractivity contribution is -0.141. The molecule has 0 saturated carbocycles. The van der Waals surface area contributed by atoms with Gasteiger partial charge < -0.3 is 15.1 Å². The molecule has 7 heteroatoms. The van der Waals surface area contributed by atoms with Crippen molar-refractivity contribution >= 4 is 11.9 Å². The third-order valence-electron chi connectivity index (χ3n) is 7.29. The number of carbonyl (C=O) groups is 2. The molecule has 7 nitrogen and oxygen atoms in total. The van der Waals surface area contributed by atoms with Gasteiger partial charge in [-0.3, -0.25) is 14.6 Å². The number of likely N-dealkylation sites (tertiary alicyclic amines) is 1. The van der Waals surface area contributed by atoms with Crippen LogP contribution >= 0.6 is 0 Å². The Bertz CT molecular complexity index is 1090. The first-order valence-corrected chi connectivity index (χ1v) is 12.3. The number of carbonyl (C=O) groups excluding carboxylic acids is 1. The average Bonchev–Trinajstić information content (AvgIpc) is 3.33. The number of benzene rings is 2. The summed E-state index contributed by atoms with van der Waals surface area (Å²) < 4.78 is 0. The summed E-state index contributed by atoms with van der Waals surface area (Å²) in [4.78, 5) is 31.3. The third kappa shape index (κ3) is 5.26. The maximum absolute atomic E-state index is 13.3. The first-order chi connectivity index (χ1) is 16.8. The monoisotopic (exact) mass is 477 g/mol. The van der Waals surface area contributed by atoms with E-state index >= 15 is 0 Å². The van der Waals surface area contributed by atoms with Crippen LogP contribution in [0.2, 0.25) is 0 Å². The molecule has 4 rings (SSSR count). The number of amides is 1. The topological polar surface area (TPSA) is 84.3 Å². The minimum absolute atomic E-state index is 0.160. The molecule has 0 bridgehead atoms. The maximum atomic E-state index is 13.3. The van der Waals surface area contributed by atoms with E-state index in [1.54, 1.807) is 18.2 Å². The van der Waals surface area contributed by atoms with E-state index in [9.17, 15) is 19.8 Å². The number of carboxylic acids is 1. The Morgan fingerprint density at radius 3 is 2.49 bits per heavy atom. The predicted molar refractivity (Wildman–Crippen MR) is 135 cm³/mol. The highest BCUT2D eigenvalue weighted by Crippen LogP contribution is 2.35. The van der Waals surface area contributed by atoms with Crippen LogP contribution in [0.1, 0.15) is 54.2 Å². The van der Waals surface area contributed by atoms with Crippen molar-refractivity contribution in [3.05, 3.63) is 77.9 Å². The van der Waals surface area contributed by atoms with Crippen LogP contribution in [0.25, 0.3) is 0 Å². The Hall–Kier alpha value is -3.16. The number of hydrogen-bond acceptors (Lipinski definition) is 5. The highest BCUT2D eigenvalue weighted by molar-refractivity contribution is 5.97. The van der Waals surface area contributed by atoms with Crippen LogP contribution in [-0.2, 0) is 4.79 Å². The van der Waals surface area contributed by atoms with Crippen LogP contribution in [0.3, 0.4) is 0 Å². The van der Waals surface area contributed by atoms with Gasteiger partial charge in [0.15, 0.2) is 0 Å². The van der Waals surface area contributed by atoms with E-state index in [1.165, 1.54) is 4.90 Å². The normalized spacial score (nSPS) is 24.3. The largest absolute Gasteiger partial charge is 0.508 e. The number of rotatable bonds is 7. The highest BCUT2D eigenvalue weighted by atomic mass is 16.4. The molecule has 2 fully saturated rings. The minimum atomic E-state index is -0.954. The summed E-state index contributed by atoms with van der Waals surface area (Å²) >= 11 is 0. The molecule has 0 aliphatic carbocycles. The van der Waals surface area contributed by atoms with Gasteiger partial charge in [0, 0.05) is 43.8 Å². The highest BCUT2D eigenvalue weighted by Gasteiger charge is 2.36. The number of piperazine rings is 1. The molecule has 186 valence electrons. The first-order valence-electron chi connectivity index (χ1n) is 12.3. The molecular weight excluding hydrogens is 442 g/mol. The van der Waals surface area contributed by atoms with E-state index in [0.717, 1.165) is 30.8 Å². The molecule has 2 aliphatic rings. The lowest BCUT2D eigenvalue weighted by atomic mass is 9.92. The zero-order valence-corrected chi connectivity index (χ0v) is 20.5. The van der Waals surface area contributed by atoms with Crippen LogP contribution in [-0.4, -0.2) is 81.1 Å². The molecule has 1 amide bonds. The molecule has 2 N–H and O–H groups in total. The van der Waals surface area contributed by atoms with Crippen molar-refractivity contribution in [2.24, 2.45) is 0 Å². The maximum Gasteiger partial charge on any atom is 0.326 e. The SMILES string of the molecule is C=CCN1C[C@H](C)N(C(c2cccc(O)c2)c2cccc(C(=O)N3CCC[C@H]3C(=O)O)c2)C[C@H]1C. The fourth-order valence-electron chi connectivity index (χ4n) is 5.55. The Balaban J connectivity index is 1.70. The second-order valence-corrected chi connectivity index (χ2v) is 9.76. The third-order valence-corrected chi connectivity index (χ3v) is 7.29. The van der Waals surface area contributed by atoms with Crippen molar-refractivity contribution in [1.82, 2.24) is 14.7 Å². The number of phenolic OH excluding ortho intramolecular Hbond substituents is 1. The Kier molecular flexibility index (Phi) is 7.57. The molecule has 2 aliphatic heterocycles. The lowest BCUT2D eigenvalue weighted by Gasteiger charge is -2.47. The molecule has 2 aromatic rings. The molecule has 0 spiro atoms. The summed E-state index contributed by atoms with van der Waals surface area (Å²) in [6.45, 7) is 11.3. The zero-order chi connectivity index (χ0) is 25.1. The standard InChI is InChI=1S/C28H35N3O4/c1-4-13-29-17-20(3)31(18-19(29)2)26(22-9-6-11-24(32)16-22)21-8-5-10-23(15-21)27(33)30-14-7-12-25(30)28(34)35/h4-6,8-11,15-16,19-20,25-26,32H,1,7,12-14,17-18H2,2-3H3,(H,34,35)/t19-,20+,25+,26?/m1/s1. The molecule has 2 heterocycles. The number of hydrogen-bond donors (Lipinski definition) is 2. The van der Waals surface area contributed by atoms with Gasteiger partial charge in [0.05, 0.1) is 6.04 Å². The first kappa shape index (κ1) is 24.9. The molecule has 0 aromatic heterocycles. The molecule has 4 atom stereocenters. The van der Waals surface area contributed by atoms with E-state index in [4.69, 9.17) is 0 Å². The second kappa shape index (κ2) is 10.6. The van der Waals surface area contributed by atoms with Gasteiger partial charge >= 0.3 is 5.97 Å². The van der Waals surface area contributed by atoms with Crippen LogP contribution in [0.4, 0.5) is 0 Å². The van der Waals surface area contributed by atoms with E-state index in [-0.39, 0.29) is 23.7 Å². The van der Waals surface area contributed by atoms with Crippen LogP contribution in [0.5, 0.6) is 5.75 Å². The quantitative estimate of drug-likeness (QED) is 0.591. The molecule has 0 radical (unpaired) electrons. The van der Waals surface area contributed by atoms with E-state index in [0.29, 0.717) is 31.0 Å². The van der Waals surface area contributed by atoms with Gasteiger partial charge in [-0.15, -0.1) is 6.58 Å². The summed E-state index contributed by atoms with van der Waals surface area (Å²) in [5, 5.41) is 19.8. The van der Waals surface area contributed by atoms with Gasteiger partial charge in [-0.25, -0.2) is 4.79 Å². The number of aromatic hydroxyl groups is 1. The van der Waals surface area contributed by atoms with Crippen LogP contribution in [0.15, 0.2) is 61.2 Å². The van der Waals surface area contributed by atoms with Crippen molar-refractivity contribution in [3.8, 4) is 5.75 Å². The fraction of sp³-hybridized carbons (Fsp3) is 0.429. The van der Waals surface area contributed by atoms with Crippen molar-refractivity contribution < 1.29 is 19.8 Å². The van der Waals surface area contributed by atoms with Crippen molar-refractivity contribution in [1.29, 1.82) is 0 Å². The summed E-state index contributed by atoms with van der Waals surface area (Å²) in [7, 11) is 0. The van der Waals surface area contributed by atoms with E-state index in [2.05, 4.69) is 30.2 Å². The van der Waals surface area contributed by atoms with Gasteiger partial charge in [0.25, 0.3) is 5.91 Å². The van der Waals surface area contributed by atoms with Gasteiger partial charge in [-0.05, 0) is 62.1 Å². The molecule has 2 aromatic carbocycles. The summed E-state index contributed by atoms with van der Waals surface area (Å²) in [5.41, 5.74) is 2.39. The lowest BCUT2D eigenvalue weighted by Crippen LogP contribution is -2.57. The number of phenols is 1. The van der Waals surface area contributed by atoms with Gasteiger partial charge in [0.2, 0.25) is 0 Å². The van der Waals surface area contributed by atoms with Crippen molar-refractivity contribution in [2.75, 3.05) is 26.2 Å². The Morgan fingerprint density at radius 1 is 1.09 bits per heavy atom. The fourth-order valence-corrected chi connectivity index (χ4v) is 5.55. The molecular formula is C28H35N3O4. The molecule has 2 saturated heterocycles. The van der Waals surface area contributed by atoms with Gasteiger partial charge in [-0.1, -0.05) is 30.3 Å². The summed E-state index contributed by atoms with van der Waals surface area (Å²) in [5.74, 6) is -0.999. The Labute approximate surface area is 207 Å². The number of carboxylic acid groups (broad SMARTS) is 1. The second-order valence-electron chi connectivity index (χ2n) is 9.76. The van der Waals surface area contributed by atoms with Gasteiger partial charge in [0.1, 0.15) is 11.8 Å². The van der Waals surface area contributed by atoms with Gasteiger partial charge in [-0.2, -0.15) is 0 Å². The minimum Gasteiger partial charge on any atom is -0.508 e. The molecule has 1 unspecified atom stereocenters. The zero-order valence-electron chi connectivity index (χ0n) is 20.5. The van der Waals surface area contributed by atoms with E-state index in [1.807, 2.05) is 36.4 Å². The van der Waals surface area contributed by atoms with Crippen LogP contribution < -0.4 is 0 Å². The van der Waals surface area contributed by atoms with E-state index < -0.39 is 12.0 Å². The number of aliphatic carboxylic acids is 1. The summed E-state index contributed by atoms with van der Waals surface area (Å²) in [6, 6.07) is 14.4. The predicted octanol–water partition coefficient (Wildman–Crippen LogP) is 3.75. The smallest absolute Gasteiger partial charge is 0.326 e. The average molecular weight is 478 g/mol.